The van der Waals surface area contributed by atoms with Crippen LogP contribution in [0.3, 0.4) is 0 Å². The molecule has 0 fully saturated rings. The van der Waals surface area contributed by atoms with E-state index < -0.39 is 0 Å². The van der Waals surface area contributed by atoms with Crippen molar-refractivity contribution in [3.8, 4) is 0 Å². The average molecular weight is 567 g/mol. The molecule has 42 heavy (non-hydrogen) atoms. The highest BCUT2D eigenvalue weighted by molar-refractivity contribution is 5.84. The minimum absolute atomic E-state index is 0.229. The van der Waals surface area contributed by atoms with Gasteiger partial charge in [-0.25, -0.2) is 32.5 Å². The van der Waals surface area contributed by atoms with Crippen LogP contribution in [0.15, 0.2) is 70.3 Å². The van der Waals surface area contributed by atoms with Gasteiger partial charge in [-0.05, 0) is 72.9 Å². The van der Waals surface area contributed by atoms with Crippen LogP contribution in [-0.2, 0) is 13.1 Å². The molecule has 4 heterocycles. The number of urea groups is 1. The molecule has 2 aromatic carbocycles. The lowest BCUT2D eigenvalue weighted by molar-refractivity contribution is 0.227. The normalized spacial score (nSPS) is 13.2. The molecule has 0 saturated heterocycles. The van der Waals surface area contributed by atoms with Crippen LogP contribution in [-0.4, -0.2) is 46.5 Å². The van der Waals surface area contributed by atoms with Crippen LogP contribution >= 0.6 is 0 Å². The lowest BCUT2D eigenvalue weighted by atomic mass is 10.1. The molecule has 4 aromatic heterocycles. The number of rotatable bonds is 8. The summed E-state index contributed by atoms with van der Waals surface area (Å²) < 4.78 is 6.09. The number of aryl methyl sites for hydroxylation is 2. The average Bonchev–Trinajstić information content (AvgIpc) is 3.49. The van der Waals surface area contributed by atoms with Gasteiger partial charge in [-0.2, -0.15) is 0 Å². The first-order chi connectivity index (χ1) is 20.3. The van der Waals surface area contributed by atoms with Crippen LogP contribution in [0.25, 0.3) is 33.1 Å². The fourth-order valence-corrected chi connectivity index (χ4v) is 5.60. The number of aromatic nitrogens is 6. The fourth-order valence-electron chi connectivity index (χ4n) is 5.60. The number of pyridine rings is 2. The number of carbonyl (C=O) groups excluding carboxylic acids is 1. The lowest BCUT2D eigenvalue weighted by Crippen LogP contribution is -2.49. The topological polar surface area (TPSA) is 120 Å². The molecule has 0 aliphatic rings. The largest absolute Gasteiger partial charge is 0.350 e. The summed E-state index contributed by atoms with van der Waals surface area (Å²) in [5, 5.41) is 17.1. The second-order valence-corrected chi connectivity index (χ2v) is 10.8. The summed E-state index contributed by atoms with van der Waals surface area (Å²) in [6, 6.07) is 18.4. The Morgan fingerprint density at radius 3 is 1.52 bits per heavy atom. The van der Waals surface area contributed by atoms with Crippen molar-refractivity contribution in [2.45, 2.75) is 65.7 Å². The summed E-state index contributed by atoms with van der Waals surface area (Å²) in [5.41, 5.74) is 4.11. The van der Waals surface area contributed by atoms with E-state index in [0.717, 1.165) is 32.9 Å². The van der Waals surface area contributed by atoms with Gasteiger partial charge in [-0.15, -0.1) is 10.2 Å². The van der Waals surface area contributed by atoms with Gasteiger partial charge in [-0.1, -0.05) is 50.2 Å². The zero-order valence-corrected chi connectivity index (χ0v) is 24.2. The van der Waals surface area contributed by atoms with Gasteiger partial charge in [-0.3, -0.25) is 0 Å². The minimum atomic E-state index is -0.370. The van der Waals surface area contributed by atoms with Crippen LogP contribution in [0.4, 0.5) is 4.79 Å². The third-order valence-electron chi connectivity index (χ3n) is 7.93. The zero-order chi connectivity index (χ0) is 29.5. The summed E-state index contributed by atoms with van der Waals surface area (Å²) in [7, 11) is 0. The first-order valence-corrected chi connectivity index (χ1v) is 14.3. The molecular weight excluding hydrogens is 532 g/mol. The molecule has 0 saturated carbocycles. The summed E-state index contributed by atoms with van der Waals surface area (Å²) >= 11 is 0. The van der Waals surface area contributed by atoms with E-state index in [1.807, 2.05) is 88.4 Å². The Kier molecular flexibility index (Phi) is 7.01. The standard InChI is InChI=1S/C31H34N8O3/c1-5-23(17-36-30(41)38-25-13-9-7-11-21(25)15-19(3)27(38)34-36)32-29(40)33-24(6-2)18-37-31(42)39-26-14-10-8-12-22(26)16-20(4)28(39)35-37/h7-16,23-24H,5-6,17-18H2,1-4H3,(H2,32,33,40)/t23-,24-/m0/s1. The predicted molar refractivity (Wildman–Crippen MR) is 163 cm³/mol. The molecule has 0 unspecified atom stereocenters. The van der Waals surface area contributed by atoms with Crippen LogP contribution in [0, 0.1) is 13.8 Å². The number of carbonyl (C=O) groups is 1. The number of hydrogen-bond acceptors (Lipinski definition) is 5. The van der Waals surface area contributed by atoms with Crippen molar-refractivity contribution >= 4 is 39.1 Å². The smallest absolute Gasteiger partial charge is 0.334 e. The van der Waals surface area contributed by atoms with E-state index in [0.29, 0.717) is 24.1 Å². The second kappa shape index (κ2) is 10.8. The Morgan fingerprint density at radius 2 is 1.12 bits per heavy atom. The third kappa shape index (κ3) is 4.70. The number of amides is 2. The van der Waals surface area contributed by atoms with Crippen LogP contribution in [0.2, 0.25) is 0 Å². The predicted octanol–water partition coefficient (Wildman–Crippen LogP) is 3.79. The Balaban J connectivity index is 1.19. The first kappa shape index (κ1) is 27.3. The Labute approximate surface area is 241 Å². The number of fused-ring (bicyclic) bond motifs is 6. The van der Waals surface area contributed by atoms with E-state index >= 15 is 0 Å². The van der Waals surface area contributed by atoms with Crippen LogP contribution < -0.4 is 22.0 Å². The molecule has 2 N–H and O–H groups in total. The van der Waals surface area contributed by atoms with Crippen molar-refractivity contribution in [3.05, 3.63) is 92.8 Å². The van der Waals surface area contributed by atoms with E-state index in [2.05, 4.69) is 20.8 Å². The van der Waals surface area contributed by atoms with Gasteiger partial charge in [0.05, 0.1) is 36.2 Å². The molecule has 216 valence electrons. The van der Waals surface area contributed by atoms with Crippen molar-refractivity contribution in [1.82, 2.24) is 39.0 Å². The molecule has 11 nitrogen and oxygen atoms in total. The van der Waals surface area contributed by atoms with Crippen molar-refractivity contribution in [2.75, 3.05) is 0 Å². The van der Waals surface area contributed by atoms with E-state index in [1.54, 1.807) is 8.80 Å². The van der Waals surface area contributed by atoms with Crippen LogP contribution in [0.5, 0.6) is 0 Å². The molecule has 2 amide bonds. The highest BCUT2D eigenvalue weighted by Crippen LogP contribution is 2.19. The maximum Gasteiger partial charge on any atom is 0.350 e. The monoisotopic (exact) mass is 566 g/mol. The molecule has 6 rings (SSSR count). The Morgan fingerprint density at radius 1 is 0.714 bits per heavy atom. The molecule has 0 spiro atoms. The van der Waals surface area contributed by atoms with Gasteiger partial charge in [0.2, 0.25) is 0 Å². The van der Waals surface area contributed by atoms with E-state index in [4.69, 9.17) is 0 Å². The molecule has 0 bridgehead atoms. The third-order valence-corrected chi connectivity index (χ3v) is 7.93. The highest BCUT2D eigenvalue weighted by Gasteiger charge is 2.20. The van der Waals surface area contributed by atoms with Crippen molar-refractivity contribution in [2.24, 2.45) is 0 Å². The van der Waals surface area contributed by atoms with Crippen molar-refractivity contribution < 1.29 is 4.79 Å². The first-order valence-electron chi connectivity index (χ1n) is 14.3. The Bertz CT molecular complexity index is 1940. The number of hydrogen-bond donors (Lipinski definition) is 2. The maximum atomic E-state index is 13.4. The van der Waals surface area contributed by atoms with E-state index in [9.17, 15) is 14.4 Å². The zero-order valence-electron chi connectivity index (χ0n) is 24.2. The molecule has 11 heteroatoms. The quantitative estimate of drug-likeness (QED) is 0.291. The van der Waals surface area contributed by atoms with Gasteiger partial charge in [0.25, 0.3) is 0 Å². The second-order valence-electron chi connectivity index (χ2n) is 10.8. The van der Waals surface area contributed by atoms with Gasteiger partial charge in [0.15, 0.2) is 11.3 Å². The number of nitrogens with zero attached hydrogens (tertiary/aromatic N) is 6. The Hall–Kier alpha value is -4.93. The van der Waals surface area contributed by atoms with Gasteiger partial charge in [0.1, 0.15) is 0 Å². The van der Waals surface area contributed by atoms with Gasteiger partial charge >= 0.3 is 17.4 Å². The summed E-state index contributed by atoms with van der Waals surface area (Å²) in [5.74, 6) is 0. The van der Waals surface area contributed by atoms with Gasteiger partial charge in [0, 0.05) is 0 Å². The SMILES string of the molecule is CC[C@@H](Cn1nc2c(C)cc3ccccc3n2c1=O)NC(=O)N[C@@H](CC)Cn1nc2c(C)cc3ccccc3n2c1=O. The van der Waals surface area contributed by atoms with Gasteiger partial charge < -0.3 is 10.6 Å². The van der Waals surface area contributed by atoms with Crippen LogP contribution in [0.1, 0.15) is 37.8 Å². The number of para-hydroxylation sites is 2. The fraction of sp³-hybridized carbons (Fsp3) is 0.323. The van der Waals surface area contributed by atoms with E-state index in [1.165, 1.54) is 9.36 Å². The molecule has 0 radical (unpaired) electrons. The molecule has 2 atom stereocenters. The molecular formula is C31H34N8O3. The number of nitrogens with one attached hydrogen (secondary N) is 2. The molecule has 6 aromatic rings. The molecule has 0 aliphatic carbocycles. The number of benzene rings is 2. The minimum Gasteiger partial charge on any atom is -0.334 e. The summed E-state index contributed by atoms with van der Waals surface area (Å²) in [6.45, 7) is 8.23. The van der Waals surface area contributed by atoms with Crippen molar-refractivity contribution in [1.29, 1.82) is 0 Å². The molecule has 0 aliphatic heterocycles. The lowest BCUT2D eigenvalue weighted by Gasteiger charge is -2.21. The van der Waals surface area contributed by atoms with Crippen molar-refractivity contribution in [3.63, 3.8) is 0 Å². The maximum absolute atomic E-state index is 13.4. The highest BCUT2D eigenvalue weighted by atomic mass is 16.2. The summed E-state index contributed by atoms with van der Waals surface area (Å²) in [6.07, 6.45) is 1.20. The van der Waals surface area contributed by atoms with E-state index in [-0.39, 0.29) is 42.6 Å². The summed E-state index contributed by atoms with van der Waals surface area (Å²) in [4.78, 5) is 39.8.